The predicted molar refractivity (Wildman–Crippen MR) is 65.0 cm³/mol. The van der Waals surface area contributed by atoms with Gasteiger partial charge in [0.05, 0.1) is 0 Å². The number of amidine groups is 1. The Morgan fingerprint density at radius 2 is 2.00 bits per heavy atom. The summed E-state index contributed by atoms with van der Waals surface area (Å²) in [5.41, 5.74) is 1.68. The molecule has 5 nitrogen and oxygen atoms in total. The Hall–Kier alpha value is -2.17. The molecule has 88 valence electrons. The molecular formula is C12H13N3O2. The van der Waals surface area contributed by atoms with Crippen molar-refractivity contribution in [3.63, 3.8) is 0 Å². The van der Waals surface area contributed by atoms with Gasteiger partial charge in [-0.05, 0) is 13.8 Å². The highest BCUT2D eigenvalue weighted by Crippen LogP contribution is 2.22. The molecule has 0 radical (unpaired) electrons. The molecule has 0 aromatic heterocycles. The Bertz CT molecular complexity index is 476. The van der Waals surface area contributed by atoms with Gasteiger partial charge in [-0.1, -0.05) is 30.3 Å². The lowest BCUT2D eigenvalue weighted by atomic mass is 10.1. The lowest BCUT2D eigenvalue weighted by Gasteiger charge is -2.07. The fourth-order valence-electron chi connectivity index (χ4n) is 1.45. The van der Waals surface area contributed by atoms with Crippen LogP contribution in [-0.2, 0) is 4.74 Å². The summed E-state index contributed by atoms with van der Waals surface area (Å²) in [5, 5.41) is 10.4. The quantitative estimate of drug-likeness (QED) is 0.626. The van der Waals surface area contributed by atoms with Gasteiger partial charge in [-0.3, -0.25) is 5.32 Å². The second-order valence-electron chi connectivity index (χ2n) is 3.85. The second kappa shape index (κ2) is 4.78. The monoisotopic (exact) mass is 231 g/mol. The molecule has 1 saturated heterocycles. The lowest BCUT2D eigenvalue weighted by Crippen LogP contribution is -2.21. The molecule has 1 unspecified atom stereocenters. The van der Waals surface area contributed by atoms with Crippen molar-refractivity contribution < 1.29 is 9.53 Å². The first kappa shape index (κ1) is 11.3. The first-order valence-corrected chi connectivity index (χ1v) is 5.28. The Morgan fingerprint density at radius 3 is 2.65 bits per heavy atom. The lowest BCUT2D eigenvalue weighted by molar-refractivity contribution is 0.150. The van der Waals surface area contributed by atoms with Crippen molar-refractivity contribution in [1.82, 2.24) is 5.32 Å². The normalized spacial score (nSPS) is 20.9. The number of nitrogens with zero attached hydrogens (tertiary/aromatic N) is 2. The molecule has 1 atom stereocenters. The van der Waals surface area contributed by atoms with Gasteiger partial charge >= 0.3 is 6.09 Å². The van der Waals surface area contributed by atoms with E-state index < -0.39 is 12.2 Å². The maximum atomic E-state index is 11.2. The van der Waals surface area contributed by atoms with E-state index in [1.807, 2.05) is 44.2 Å². The molecule has 0 spiro atoms. The zero-order valence-corrected chi connectivity index (χ0v) is 9.68. The van der Waals surface area contributed by atoms with Gasteiger partial charge in [-0.25, -0.2) is 4.79 Å². The van der Waals surface area contributed by atoms with E-state index in [9.17, 15) is 4.79 Å². The summed E-state index contributed by atoms with van der Waals surface area (Å²) in [5.74, 6) is 0.419. The maximum absolute atomic E-state index is 11.2. The van der Waals surface area contributed by atoms with Crippen LogP contribution in [0.25, 0.3) is 0 Å². The van der Waals surface area contributed by atoms with Crippen LogP contribution < -0.4 is 5.32 Å². The molecule has 2 rings (SSSR count). The Labute approximate surface area is 99.2 Å². The molecule has 1 N–H and O–H groups in total. The summed E-state index contributed by atoms with van der Waals surface area (Å²) in [6.45, 7) is 3.67. The topological polar surface area (TPSA) is 63.0 Å². The number of hydrogen-bond acceptors (Lipinski definition) is 4. The van der Waals surface area contributed by atoms with Crippen molar-refractivity contribution >= 4 is 17.6 Å². The average Bonchev–Trinajstić information content (AvgIpc) is 2.69. The van der Waals surface area contributed by atoms with E-state index in [1.54, 1.807) is 0 Å². The first-order chi connectivity index (χ1) is 8.16. The molecule has 1 amide bonds. The smallest absolute Gasteiger partial charge is 0.413 e. The Morgan fingerprint density at radius 1 is 1.29 bits per heavy atom. The van der Waals surface area contributed by atoms with E-state index in [2.05, 4.69) is 15.5 Å². The number of amides is 1. The summed E-state index contributed by atoms with van der Waals surface area (Å²) in [6.07, 6.45) is -0.992. The number of benzene rings is 1. The zero-order valence-electron chi connectivity index (χ0n) is 9.68. The number of hydrogen-bond donors (Lipinski definition) is 1. The molecule has 0 saturated carbocycles. The summed E-state index contributed by atoms with van der Waals surface area (Å²) in [7, 11) is 0. The molecule has 1 aliphatic heterocycles. The fraction of sp³-hybridized carbons (Fsp3) is 0.250. The number of cyclic esters (lactones) is 1. The molecule has 5 heteroatoms. The van der Waals surface area contributed by atoms with Crippen molar-refractivity contribution in [3.05, 3.63) is 35.9 Å². The van der Waals surface area contributed by atoms with Gasteiger partial charge in [-0.15, -0.1) is 5.10 Å². The van der Waals surface area contributed by atoms with Gasteiger partial charge in [0.1, 0.15) is 0 Å². The van der Waals surface area contributed by atoms with Crippen LogP contribution in [0.5, 0.6) is 0 Å². The summed E-state index contributed by atoms with van der Waals surface area (Å²) in [6, 6.07) is 9.42. The van der Waals surface area contributed by atoms with E-state index in [0.717, 1.165) is 11.3 Å². The van der Waals surface area contributed by atoms with E-state index in [-0.39, 0.29) is 0 Å². The van der Waals surface area contributed by atoms with E-state index in [0.29, 0.717) is 5.84 Å². The van der Waals surface area contributed by atoms with Crippen LogP contribution in [0.15, 0.2) is 40.5 Å². The minimum Gasteiger partial charge on any atom is -0.433 e. The third-order valence-electron chi connectivity index (χ3n) is 2.16. The van der Waals surface area contributed by atoms with Crippen LogP contribution in [0.1, 0.15) is 25.5 Å². The van der Waals surface area contributed by atoms with Crippen LogP contribution in [0.4, 0.5) is 4.79 Å². The molecule has 0 aliphatic carbocycles. The zero-order chi connectivity index (χ0) is 12.3. The van der Waals surface area contributed by atoms with Crippen LogP contribution in [-0.4, -0.2) is 17.6 Å². The highest BCUT2D eigenvalue weighted by molar-refractivity contribution is 6.03. The molecule has 0 bridgehead atoms. The second-order valence-corrected chi connectivity index (χ2v) is 3.85. The van der Waals surface area contributed by atoms with Crippen LogP contribution >= 0.6 is 0 Å². The average molecular weight is 231 g/mol. The first-order valence-electron chi connectivity index (χ1n) is 5.28. The molecule has 1 fully saturated rings. The SMILES string of the molecule is CC(C)=N/N=C1\NC(=O)OC1c1ccccc1. The van der Waals surface area contributed by atoms with E-state index >= 15 is 0 Å². The molecule has 1 aromatic carbocycles. The van der Waals surface area contributed by atoms with Gasteiger partial charge in [0, 0.05) is 11.3 Å². The number of rotatable bonds is 2. The third kappa shape index (κ3) is 2.69. The van der Waals surface area contributed by atoms with Crippen LogP contribution in [0.2, 0.25) is 0 Å². The molecule has 17 heavy (non-hydrogen) atoms. The largest absolute Gasteiger partial charge is 0.433 e. The minimum absolute atomic E-state index is 0.419. The number of alkyl carbamates (subject to hydrolysis) is 1. The van der Waals surface area contributed by atoms with Crippen molar-refractivity contribution in [2.45, 2.75) is 20.0 Å². The summed E-state index contributed by atoms with van der Waals surface area (Å²) in [4.78, 5) is 11.2. The summed E-state index contributed by atoms with van der Waals surface area (Å²) < 4.78 is 5.14. The number of carbonyl (C=O) groups is 1. The Kier molecular flexibility index (Phi) is 3.18. The Balaban J connectivity index is 2.29. The number of nitrogens with one attached hydrogen (secondary N) is 1. The highest BCUT2D eigenvalue weighted by Gasteiger charge is 2.31. The fourth-order valence-corrected chi connectivity index (χ4v) is 1.45. The van der Waals surface area contributed by atoms with Crippen LogP contribution in [0.3, 0.4) is 0 Å². The van der Waals surface area contributed by atoms with Crippen molar-refractivity contribution in [3.8, 4) is 0 Å². The van der Waals surface area contributed by atoms with Crippen molar-refractivity contribution in [2.24, 2.45) is 10.2 Å². The van der Waals surface area contributed by atoms with E-state index in [1.165, 1.54) is 0 Å². The molecule has 1 aliphatic rings. The van der Waals surface area contributed by atoms with Gasteiger partial charge in [-0.2, -0.15) is 5.10 Å². The van der Waals surface area contributed by atoms with Gasteiger partial charge < -0.3 is 4.74 Å². The number of carbonyl (C=O) groups excluding carboxylic acids is 1. The van der Waals surface area contributed by atoms with Gasteiger partial charge in [0.15, 0.2) is 11.9 Å². The molecule has 1 aromatic rings. The van der Waals surface area contributed by atoms with Gasteiger partial charge in [0.2, 0.25) is 0 Å². The molecular weight excluding hydrogens is 218 g/mol. The van der Waals surface area contributed by atoms with E-state index in [4.69, 9.17) is 4.74 Å². The third-order valence-corrected chi connectivity index (χ3v) is 2.16. The standard InChI is InChI=1S/C12H13N3O2/c1-8(2)14-15-11-10(17-12(16)13-11)9-6-4-3-5-7-9/h3-7,10H,1-2H3,(H,13,15,16). The van der Waals surface area contributed by atoms with Gasteiger partial charge in [0.25, 0.3) is 0 Å². The predicted octanol–water partition coefficient (Wildman–Crippen LogP) is 2.26. The van der Waals surface area contributed by atoms with Crippen LogP contribution in [0, 0.1) is 0 Å². The minimum atomic E-state index is -0.499. The number of ether oxygens (including phenoxy) is 1. The molecule has 1 heterocycles. The summed E-state index contributed by atoms with van der Waals surface area (Å²) >= 11 is 0. The highest BCUT2D eigenvalue weighted by atomic mass is 16.6. The van der Waals surface area contributed by atoms with Crippen molar-refractivity contribution in [1.29, 1.82) is 0 Å². The van der Waals surface area contributed by atoms with Crippen molar-refractivity contribution in [2.75, 3.05) is 0 Å². The maximum Gasteiger partial charge on any atom is 0.413 e.